The number of benzene rings is 2. The zero-order valence-electron chi connectivity index (χ0n) is 12.7. The van der Waals surface area contributed by atoms with Gasteiger partial charge in [-0.05, 0) is 35.4 Å². The minimum Gasteiger partial charge on any atom is -0.355 e. The Morgan fingerprint density at radius 2 is 1.61 bits per heavy atom. The SMILES string of the molecule is CNC(=O)c1ccc(CNC(=O)NCc2cccc(Cl)c2)cc1. The first-order chi connectivity index (χ1) is 11.1. The Bertz CT molecular complexity index is 686. The maximum atomic E-state index is 11.8. The van der Waals surface area contributed by atoms with E-state index in [9.17, 15) is 9.59 Å². The molecule has 3 N–H and O–H groups in total. The molecule has 0 aliphatic rings. The third-order valence-corrected chi connectivity index (χ3v) is 3.47. The topological polar surface area (TPSA) is 70.2 Å². The van der Waals surface area contributed by atoms with Crippen LogP contribution in [0.4, 0.5) is 4.79 Å². The predicted octanol–water partition coefficient (Wildman–Crippen LogP) is 2.70. The van der Waals surface area contributed by atoms with Crippen molar-refractivity contribution in [2.75, 3.05) is 7.05 Å². The standard InChI is InChI=1S/C17H18ClN3O2/c1-19-16(22)14-7-5-12(6-8-14)10-20-17(23)21-11-13-3-2-4-15(18)9-13/h2-9H,10-11H2,1H3,(H,19,22)(H2,20,21,23). The number of carbonyl (C=O) groups is 2. The van der Waals surface area contributed by atoms with Gasteiger partial charge >= 0.3 is 6.03 Å². The summed E-state index contributed by atoms with van der Waals surface area (Å²) in [6, 6.07) is 14.1. The molecule has 2 rings (SSSR count). The van der Waals surface area contributed by atoms with Crippen LogP contribution in [0.2, 0.25) is 5.02 Å². The third kappa shape index (κ3) is 5.30. The van der Waals surface area contributed by atoms with E-state index in [2.05, 4.69) is 16.0 Å². The lowest BCUT2D eigenvalue weighted by atomic mass is 10.1. The Labute approximate surface area is 140 Å². The average Bonchev–Trinajstić information content (AvgIpc) is 2.58. The highest BCUT2D eigenvalue weighted by molar-refractivity contribution is 6.30. The zero-order chi connectivity index (χ0) is 16.7. The second kappa shape index (κ2) is 8.19. The maximum absolute atomic E-state index is 11.8. The van der Waals surface area contributed by atoms with Gasteiger partial charge in [-0.1, -0.05) is 35.9 Å². The molecule has 0 aliphatic heterocycles. The molecule has 0 bridgehead atoms. The van der Waals surface area contributed by atoms with Gasteiger partial charge in [-0.15, -0.1) is 0 Å². The fraction of sp³-hybridized carbons (Fsp3) is 0.176. The number of carbonyl (C=O) groups excluding carboxylic acids is 2. The molecule has 6 heteroatoms. The monoisotopic (exact) mass is 331 g/mol. The largest absolute Gasteiger partial charge is 0.355 e. The van der Waals surface area contributed by atoms with Crippen LogP contribution >= 0.6 is 11.6 Å². The number of hydrogen-bond donors (Lipinski definition) is 3. The molecule has 0 unspecified atom stereocenters. The van der Waals surface area contributed by atoms with Crippen LogP contribution in [0.3, 0.4) is 0 Å². The highest BCUT2D eigenvalue weighted by atomic mass is 35.5. The van der Waals surface area contributed by atoms with Crippen LogP contribution in [0.5, 0.6) is 0 Å². The number of halogens is 1. The van der Waals surface area contributed by atoms with Crippen molar-refractivity contribution in [2.45, 2.75) is 13.1 Å². The summed E-state index contributed by atoms with van der Waals surface area (Å²) < 4.78 is 0. The number of nitrogens with one attached hydrogen (secondary N) is 3. The second-order valence-electron chi connectivity index (χ2n) is 4.94. The molecule has 3 amide bonds. The lowest BCUT2D eigenvalue weighted by Gasteiger charge is -2.08. The molecule has 5 nitrogen and oxygen atoms in total. The summed E-state index contributed by atoms with van der Waals surface area (Å²) in [5.74, 6) is -0.135. The number of hydrogen-bond acceptors (Lipinski definition) is 2. The van der Waals surface area contributed by atoms with Gasteiger partial charge in [0.2, 0.25) is 0 Å². The van der Waals surface area contributed by atoms with Crippen molar-refractivity contribution < 1.29 is 9.59 Å². The smallest absolute Gasteiger partial charge is 0.315 e. The Balaban J connectivity index is 1.79. The van der Waals surface area contributed by atoms with E-state index < -0.39 is 0 Å². The molecular weight excluding hydrogens is 314 g/mol. The summed E-state index contributed by atoms with van der Waals surface area (Å²) in [6.07, 6.45) is 0. The molecule has 0 atom stereocenters. The van der Waals surface area contributed by atoms with Gasteiger partial charge in [-0.2, -0.15) is 0 Å². The Kier molecular flexibility index (Phi) is 6.00. The summed E-state index contributed by atoms with van der Waals surface area (Å²) in [5.41, 5.74) is 2.43. The Morgan fingerprint density at radius 1 is 0.957 bits per heavy atom. The van der Waals surface area contributed by atoms with Crippen LogP contribution in [-0.4, -0.2) is 19.0 Å². The lowest BCUT2D eigenvalue weighted by molar-refractivity contribution is 0.0963. The van der Waals surface area contributed by atoms with Gasteiger partial charge in [0.1, 0.15) is 0 Å². The lowest BCUT2D eigenvalue weighted by Crippen LogP contribution is -2.34. The van der Waals surface area contributed by atoms with E-state index in [0.29, 0.717) is 23.7 Å². The summed E-state index contributed by atoms with van der Waals surface area (Å²) in [6.45, 7) is 0.789. The van der Waals surface area contributed by atoms with Crippen molar-refractivity contribution in [3.63, 3.8) is 0 Å². The number of rotatable bonds is 5. The molecule has 23 heavy (non-hydrogen) atoms. The molecular formula is C17H18ClN3O2. The van der Waals surface area contributed by atoms with E-state index in [4.69, 9.17) is 11.6 Å². The Hall–Kier alpha value is -2.53. The maximum Gasteiger partial charge on any atom is 0.315 e. The van der Waals surface area contributed by atoms with Gasteiger partial charge in [-0.25, -0.2) is 4.79 Å². The highest BCUT2D eigenvalue weighted by Crippen LogP contribution is 2.10. The van der Waals surface area contributed by atoms with Crippen LogP contribution in [-0.2, 0) is 13.1 Å². The van der Waals surface area contributed by atoms with Crippen LogP contribution < -0.4 is 16.0 Å². The van der Waals surface area contributed by atoms with Crippen molar-refractivity contribution in [1.29, 1.82) is 0 Å². The van der Waals surface area contributed by atoms with Crippen LogP contribution in [0.1, 0.15) is 21.5 Å². The van der Waals surface area contributed by atoms with Crippen molar-refractivity contribution in [2.24, 2.45) is 0 Å². The van der Waals surface area contributed by atoms with E-state index in [-0.39, 0.29) is 11.9 Å². The number of amides is 3. The minimum atomic E-state index is -0.264. The van der Waals surface area contributed by atoms with Crippen LogP contribution in [0.25, 0.3) is 0 Å². The second-order valence-corrected chi connectivity index (χ2v) is 5.38. The first-order valence-electron chi connectivity index (χ1n) is 7.15. The molecule has 0 aromatic heterocycles. The summed E-state index contributed by atoms with van der Waals surface area (Å²) in [4.78, 5) is 23.2. The van der Waals surface area contributed by atoms with Crippen LogP contribution in [0.15, 0.2) is 48.5 Å². The summed E-state index contributed by atoms with van der Waals surface area (Å²) in [7, 11) is 1.59. The molecule has 120 valence electrons. The van der Waals surface area contributed by atoms with E-state index in [1.807, 2.05) is 24.3 Å². The highest BCUT2D eigenvalue weighted by Gasteiger charge is 2.04. The van der Waals surface area contributed by atoms with Crippen molar-refractivity contribution in [3.8, 4) is 0 Å². The zero-order valence-corrected chi connectivity index (χ0v) is 13.5. The predicted molar refractivity (Wildman–Crippen MR) is 90.4 cm³/mol. The number of urea groups is 1. The van der Waals surface area contributed by atoms with E-state index >= 15 is 0 Å². The molecule has 0 radical (unpaired) electrons. The molecule has 0 heterocycles. The summed E-state index contributed by atoms with van der Waals surface area (Å²) >= 11 is 5.89. The first kappa shape index (κ1) is 16.8. The van der Waals surface area contributed by atoms with Gasteiger partial charge in [0.25, 0.3) is 5.91 Å². The first-order valence-corrected chi connectivity index (χ1v) is 7.53. The third-order valence-electron chi connectivity index (χ3n) is 3.24. The van der Waals surface area contributed by atoms with Gasteiger partial charge in [0.15, 0.2) is 0 Å². The van der Waals surface area contributed by atoms with Crippen LogP contribution in [0, 0.1) is 0 Å². The minimum absolute atomic E-state index is 0.135. The van der Waals surface area contributed by atoms with Gasteiger partial charge < -0.3 is 16.0 Å². The normalized spacial score (nSPS) is 10.0. The molecule has 0 aliphatic carbocycles. The fourth-order valence-electron chi connectivity index (χ4n) is 1.99. The molecule has 0 fully saturated rings. The van der Waals surface area contributed by atoms with Crippen molar-refractivity contribution in [1.82, 2.24) is 16.0 Å². The molecule has 2 aromatic carbocycles. The van der Waals surface area contributed by atoms with E-state index in [1.165, 1.54) is 0 Å². The van der Waals surface area contributed by atoms with Crippen molar-refractivity contribution in [3.05, 3.63) is 70.2 Å². The molecule has 0 saturated carbocycles. The van der Waals surface area contributed by atoms with Gasteiger partial charge in [0, 0.05) is 30.7 Å². The summed E-state index contributed by atoms with van der Waals surface area (Å²) in [5, 5.41) is 8.72. The fourth-order valence-corrected chi connectivity index (χ4v) is 2.21. The van der Waals surface area contributed by atoms with Gasteiger partial charge in [-0.3, -0.25) is 4.79 Å². The van der Waals surface area contributed by atoms with E-state index in [0.717, 1.165) is 11.1 Å². The molecule has 0 spiro atoms. The average molecular weight is 332 g/mol. The van der Waals surface area contributed by atoms with E-state index in [1.54, 1.807) is 31.3 Å². The van der Waals surface area contributed by atoms with Gasteiger partial charge in [0.05, 0.1) is 0 Å². The quantitative estimate of drug-likeness (QED) is 0.788. The molecule has 0 saturated heterocycles. The van der Waals surface area contributed by atoms with Crippen molar-refractivity contribution >= 4 is 23.5 Å². The molecule has 2 aromatic rings. The Morgan fingerprint density at radius 3 is 2.22 bits per heavy atom.